The molecule has 0 atom stereocenters. The first-order valence-electron chi connectivity index (χ1n) is 14.4. The van der Waals surface area contributed by atoms with Gasteiger partial charge in [0.1, 0.15) is 0 Å². The van der Waals surface area contributed by atoms with Gasteiger partial charge in [0.2, 0.25) is 5.69 Å². The lowest BCUT2D eigenvalue weighted by Crippen LogP contribution is -1.94. The van der Waals surface area contributed by atoms with Crippen molar-refractivity contribution in [2.24, 2.45) is 0 Å². The lowest BCUT2D eigenvalue weighted by atomic mass is 10.1. The molecule has 0 fully saturated rings. The molecule has 0 aliphatic carbocycles. The van der Waals surface area contributed by atoms with Crippen LogP contribution in [0.4, 0.5) is 11.4 Å². The second-order valence-electron chi connectivity index (χ2n) is 11.0. The number of thiophene rings is 1. The Morgan fingerprint density at radius 1 is 0.556 bits per heavy atom. The molecule has 5 nitrogen and oxygen atoms in total. The number of rotatable bonds is 2. The van der Waals surface area contributed by atoms with Crippen LogP contribution < -0.4 is 0 Å². The fourth-order valence-electron chi connectivity index (χ4n) is 6.95. The first-order valence-corrected chi connectivity index (χ1v) is 15.2. The zero-order chi connectivity index (χ0) is 30.2. The molecule has 0 saturated heterocycles. The number of benzene rings is 6. The van der Waals surface area contributed by atoms with Crippen LogP contribution in [0.2, 0.25) is 0 Å². The molecule has 0 saturated carbocycles. The Morgan fingerprint density at radius 2 is 1.11 bits per heavy atom. The summed E-state index contributed by atoms with van der Waals surface area (Å²) in [7, 11) is 0. The van der Waals surface area contributed by atoms with Crippen LogP contribution in [0.15, 0.2) is 115 Å². The molecule has 6 heteroatoms. The first-order chi connectivity index (χ1) is 22.2. The number of nitrogens with zero attached hydrogens (tertiary/aromatic N) is 5. The van der Waals surface area contributed by atoms with E-state index in [1.165, 1.54) is 42.0 Å². The van der Waals surface area contributed by atoms with Gasteiger partial charge in [0, 0.05) is 58.7 Å². The molecule has 6 aromatic carbocycles. The second-order valence-corrected chi connectivity index (χ2v) is 12.0. The summed E-state index contributed by atoms with van der Waals surface area (Å²) in [6, 6.07) is 41.9. The van der Waals surface area contributed by atoms with Gasteiger partial charge in [-0.05, 0) is 48.5 Å². The topological polar surface area (TPSA) is 42.4 Å². The van der Waals surface area contributed by atoms with E-state index in [1.807, 2.05) is 23.5 Å². The molecule has 0 amide bonds. The molecule has 3 aromatic heterocycles. The molecular weight excluding hydrogens is 571 g/mol. The highest BCUT2D eigenvalue weighted by molar-refractivity contribution is 7.27. The van der Waals surface area contributed by atoms with Gasteiger partial charge < -0.3 is 9.13 Å². The molecule has 45 heavy (non-hydrogen) atoms. The fourth-order valence-corrected chi connectivity index (χ4v) is 8.36. The number of aromatic nitrogens is 2. The lowest BCUT2D eigenvalue weighted by Gasteiger charge is -2.10. The maximum atomic E-state index is 9.87. The molecule has 0 spiro atoms. The van der Waals surface area contributed by atoms with Crippen LogP contribution in [0.5, 0.6) is 0 Å². The Morgan fingerprint density at radius 3 is 1.67 bits per heavy atom. The van der Waals surface area contributed by atoms with Crippen LogP contribution in [0.1, 0.15) is 5.56 Å². The van der Waals surface area contributed by atoms with Crippen LogP contribution in [-0.4, -0.2) is 9.13 Å². The Bertz CT molecular complexity index is 2810. The highest BCUT2D eigenvalue weighted by Gasteiger charge is 2.22. The standard InChI is InChI=1S/C39H19N5S/c1-41-30-21-25(20-23(22-40)37(30)42-2)44-32-15-9-7-13-29(32)36-34(44)19-17-27-26-16-18-33-35(38(26)45-39(27)36)28-12-6-8-14-31(28)43(33)24-10-4-3-5-11-24/h3-21H. The second kappa shape index (κ2) is 9.30. The van der Waals surface area contributed by atoms with Crippen molar-refractivity contribution in [2.45, 2.75) is 0 Å². The maximum absolute atomic E-state index is 9.87. The van der Waals surface area contributed by atoms with Crippen molar-refractivity contribution >= 4 is 86.5 Å². The molecule has 0 aliphatic heterocycles. The summed E-state index contributed by atoms with van der Waals surface area (Å²) in [5.74, 6) is 0. The molecule has 3 heterocycles. The van der Waals surface area contributed by atoms with Gasteiger partial charge in [0.15, 0.2) is 5.69 Å². The van der Waals surface area contributed by atoms with Gasteiger partial charge in [0.05, 0.1) is 41.3 Å². The molecule has 0 unspecified atom stereocenters. The van der Waals surface area contributed by atoms with Crippen molar-refractivity contribution in [3.05, 3.63) is 144 Å². The van der Waals surface area contributed by atoms with Gasteiger partial charge >= 0.3 is 0 Å². The van der Waals surface area contributed by atoms with E-state index in [0.29, 0.717) is 5.69 Å². The van der Waals surface area contributed by atoms with E-state index in [0.717, 1.165) is 27.5 Å². The van der Waals surface area contributed by atoms with Crippen molar-refractivity contribution in [3.8, 4) is 17.4 Å². The zero-order valence-electron chi connectivity index (χ0n) is 23.6. The molecule has 206 valence electrons. The third-order valence-corrected chi connectivity index (χ3v) is 10.0. The third kappa shape index (κ3) is 3.33. The number of fused-ring (bicyclic) bond motifs is 11. The summed E-state index contributed by atoms with van der Waals surface area (Å²) in [5.41, 5.74) is 6.66. The number of hydrogen-bond acceptors (Lipinski definition) is 2. The van der Waals surface area contributed by atoms with Crippen LogP contribution >= 0.6 is 11.3 Å². The third-order valence-electron chi connectivity index (χ3n) is 8.78. The summed E-state index contributed by atoms with van der Waals surface area (Å²) in [6.07, 6.45) is 0. The number of nitriles is 1. The largest absolute Gasteiger partial charge is 0.311 e. The summed E-state index contributed by atoms with van der Waals surface area (Å²) in [6.45, 7) is 15.3. The van der Waals surface area contributed by atoms with Gasteiger partial charge in [0.25, 0.3) is 0 Å². The Hall–Kier alpha value is -6.39. The minimum absolute atomic E-state index is 0.0996. The van der Waals surface area contributed by atoms with Crippen LogP contribution in [0, 0.1) is 24.5 Å². The maximum Gasteiger partial charge on any atom is 0.212 e. The van der Waals surface area contributed by atoms with Crippen molar-refractivity contribution in [1.29, 1.82) is 5.26 Å². The van der Waals surface area contributed by atoms with E-state index in [9.17, 15) is 5.26 Å². The highest BCUT2D eigenvalue weighted by atomic mass is 32.1. The predicted octanol–water partition coefficient (Wildman–Crippen LogP) is 11.2. The summed E-state index contributed by atoms with van der Waals surface area (Å²) >= 11 is 1.82. The smallest absolute Gasteiger partial charge is 0.212 e. The summed E-state index contributed by atoms with van der Waals surface area (Å²) in [5, 5.41) is 17.0. The van der Waals surface area contributed by atoms with Gasteiger partial charge in [-0.2, -0.15) is 5.26 Å². The van der Waals surface area contributed by atoms with Crippen molar-refractivity contribution in [1.82, 2.24) is 9.13 Å². The number of hydrogen-bond donors (Lipinski definition) is 0. The Kier molecular flexibility index (Phi) is 5.20. The normalized spacial score (nSPS) is 11.5. The minimum Gasteiger partial charge on any atom is -0.311 e. The molecule has 0 radical (unpaired) electrons. The predicted molar refractivity (Wildman–Crippen MR) is 185 cm³/mol. The van der Waals surface area contributed by atoms with Gasteiger partial charge in [-0.25, -0.2) is 9.69 Å². The van der Waals surface area contributed by atoms with Crippen LogP contribution in [-0.2, 0) is 0 Å². The average Bonchev–Trinajstić information content (AvgIpc) is 3.75. The molecule has 9 aromatic rings. The first kappa shape index (κ1) is 25.1. The Balaban J connectivity index is 1.43. The van der Waals surface area contributed by atoms with Crippen molar-refractivity contribution in [3.63, 3.8) is 0 Å². The van der Waals surface area contributed by atoms with E-state index in [2.05, 4.69) is 116 Å². The highest BCUT2D eigenvalue weighted by Crippen LogP contribution is 2.48. The molecule has 0 bridgehead atoms. The van der Waals surface area contributed by atoms with Gasteiger partial charge in [-0.3, -0.25) is 0 Å². The van der Waals surface area contributed by atoms with Crippen molar-refractivity contribution in [2.75, 3.05) is 0 Å². The van der Waals surface area contributed by atoms with Crippen LogP contribution in [0.25, 0.3) is 84.8 Å². The minimum atomic E-state index is 0.0996. The van der Waals surface area contributed by atoms with E-state index >= 15 is 0 Å². The number of para-hydroxylation sites is 3. The zero-order valence-corrected chi connectivity index (χ0v) is 24.4. The quantitative estimate of drug-likeness (QED) is 0.185. The van der Waals surface area contributed by atoms with Gasteiger partial charge in [-0.1, -0.05) is 66.7 Å². The monoisotopic (exact) mass is 589 g/mol. The summed E-state index contributed by atoms with van der Waals surface area (Å²) < 4.78 is 6.92. The van der Waals surface area contributed by atoms with E-state index in [1.54, 1.807) is 12.1 Å². The molecule has 0 N–H and O–H groups in total. The van der Waals surface area contributed by atoms with E-state index in [-0.39, 0.29) is 16.9 Å². The molecule has 0 aliphatic rings. The van der Waals surface area contributed by atoms with E-state index in [4.69, 9.17) is 13.1 Å². The average molecular weight is 590 g/mol. The van der Waals surface area contributed by atoms with Crippen LogP contribution in [0.3, 0.4) is 0 Å². The lowest BCUT2D eigenvalue weighted by molar-refractivity contribution is 1.18. The SMILES string of the molecule is [C-]#[N+]c1cc(-n2c3ccccc3c3c4sc5c(ccc6c5c5ccccc5n6-c5ccccc5)c4ccc32)cc(C#N)c1[N+]#[C-]. The van der Waals surface area contributed by atoms with E-state index < -0.39 is 0 Å². The Labute approximate surface area is 261 Å². The van der Waals surface area contributed by atoms with Gasteiger partial charge in [-0.15, -0.1) is 11.3 Å². The molecule has 9 rings (SSSR count). The summed E-state index contributed by atoms with van der Waals surface area (Å²) in [4.78, 5) is 7.11. The molecular formula is C39H19N5S. The van der Waals surface area contributed by atoms with Crippen molar-refractivity contribution < 1.29 is 0 Å². The fraction of sp³-hybridized carbons (Fsp3) is 0.